The number of benzene rings is 1. The first kappa shape index (κ1) is 13.1. The number of anilines is 1. The summed E-state index contributed by atoms with van der Waals surface area (Å²) in [7, 11) is 1.42. The molecule has 2 unspecified atom stereocenters. The first-order chi connectivity index (χ1) is 8.52. The summed E-state index contributed by atoms with van der Waals surface area (Å²) in [6, 6.07) is 2.52. The van der Waals surface area contributed by atoms with Gasteiger partial charge in [-0.3, -0.25) is 0 Å². The molecule has 3 nitrogen and oxygen atoms in total. The molecule has 1 aliphatic heterocycles. The summed E-state index contributed by atoms with van der Waals surface area (Å²) in [5, 5.41) is 9.65. The number of piperidine rings is 1. The van der Waals surface area contributed by atoms with E-state index in [9.17, 15) is 13.9 Å². The normalized spacial score (nSPS) is 24.2. The molecule has 0 aliphatic carbocycles. The maximum atomic E-state index is 13.8. The van der Waals surface area contributed by atoms with Gasteiger partial charge in [-0.1, -0.05) is 6.92 Å². The molecule has 5 heteroatoms. The number of halogens is 2. The van der Waals surface area contributed by atoms with E-state index in [1.807, 2.05) is 6.92 Å². The van der Waals surface area contributed by atoms with Crippen LogP contribution in [0.25, 0.3) is 0 Å². The van der Waals surface area contributed by atoms with E-state index in [0.29, 0.717) is 25.3 Å². The quantitative estimate of drug-likeness (QED) is 0.881. The molecule has 1 N–H and O–H groups in total. The van der Waals surface area contributed by atoms with Gasteiger partial charge in [-0.25, -0.2) is 8.78 Å². The molecule has 2 rings (SSSR count). The van der Waals surface area contributed by atoms with Crippen LogP contribution in [0.5, 0.6) is 5.75 Å². The number of hydrogen-bond acceptors (Lipinski definition) is 3. The van der Waals surface area contributed by atoms with Crippen molar-refractivity contribution >= 4 is 5.69 Å². The molecule has 18 heavy (non-hydrogen) atoms. The zero-order chi connectivity index (χ0) is 13.3. The predicted molar refractivity (Wildman–Crippen MR) is 64.9 cm³/mol. The van der Waals surface area contributed by atoms with Gasteiger partial charge in [0.1, 0.15) is 5.75 Å². The van der Waals surface area contributed by atoms with Crippen molar-refractivity contribution in [2.75, 3.05) is 25.1 Å². The lowest BCUT2D eigenvalue weighted by atomic mass is 9.96. The Balaban J connectivity index is 2.30. The minimum Gasteiger partial charge on any atom is -0.497 e. The van der Waals surface area contributed by atoms with E-state index in [-0.39, 0.29) is 17.7 Å². The zero-order valence-electron chi connectivity index (χ0n) is 10.5. The molecule has 0 aromatic heterocycles. The first-order valence-electron chi connectivity index (χ1n) is 5.99. The number of methoxy groups -OCH3 is 1. The second-order valence-corrected chi connectivity index (χ2v) is 4.72. The Hall–Kier alpha value is -1.36. The van der Waals surface area contributed by atoms with Gasteiger partial charge in [0.15, 0.2) is 11.6 Å². The molecule has 1 heterocycles. The van der Waals surface area contributed by atoms with Crippen LogP contribution in [0, 0.1) is 17.6 Å². The molecule has 1 aromatic rings. The number of nitrogens with zero attached hydrogens (tertiary/aromatic N) is 1. The molecule has 0 radical (unpaired) electrons. The monoisotopic (exact) mass is 257 g/mol. The van der Waals surface area contributed by atoms with Crippen molar-refractivity contribution in [2.24, 2.45) is 5.92 Å². The van der Waals surface area contributed by atoms with Gasteiger partial charge in [0.05, 0.1) is 18.9 Å². The average molecular weight is 257 g/mol. The van der Waals surface area contributed by atoms with Crippen molar-refractivity contribution in [2.45, 2.75) is 19.4 Å². The Morgan fingerprint density at radius 3 is 2.72 bits per heavy atom. The van der Waals surface area contributed by atoms with Crippen molar-refractivity contribution in [1.82, 2.24) is 0 Å². The Morgan fingerprint density at radius 2 is 2.11 bits per heavy atom. The van der Waals surface area contributed by atoms with Crippen LogP contribution in [-0.4, -0.2) is 31.4 Å². The van der Waals surface area contributed by atoms with E-state index < -0.39 is 11.6 Å². The maximum Gasteiger partial charge on any atom is 0.182 e. The maximum absolute atomic E-state index is 13.8. The molecule has 1 aliphatic rings. The number of rotatable bonds is 2. The minimum absolute atomic E-state index is 0.0346. The third-order valence-corrected chi connectivity index (χ3v) is 3.42. The van der Waals surface area contributed by atoms with Gasteiger partial charge < -0.3 is 14.7 Å². The summed E-state index contributed by atoms with van der Waals surface area (Å²) in [5.41, 5.74) is 0.200. The third kappa shape index (κ3) is 2.41. The highest BCUT2D eigenvalue weighted by Gasteiger charge is 2.27. The molecule has 0 amide bonds. The van der Waals surface area contributed by atoms with Crippen LogP contribution in [0.15, 0.2) is 12.1 Å². The second-order valence-electron chi connectivity index (χ2n) is 4.72. The van der Waals surface area contributed by atoms with E-state index in [0.717, 1.165) is 6.07 Å². The lowest BCUT2D eigenvalue weighted by Crippen LogP contribution is -2.42. The Morgan fingerprint density at radius 1 is 1.39 bits per heavy atom. The van der Waals surface area contributed by atoms with Gasteiger partial charge in [-0.2, -0.15) is 0 Å². The SMILES string of the molecule is COc1cc(F)c(F)c(N2CCC(O)C(C)C2)c1. The Labute approximate surface area is 105 Å². The van der Waals surface area contributed by atoms with Gasteiger partial charge >= 0.3 is 0 Å². The molecule has 1 aromatic carbocycles. The van der Waals surface area contributed by atoms with Gasteiger partial charge in [-0.05, 0) is 12.3 Å². The molecule has 0 spiro atoms. The van der Waals surface area contributed by atoms with Gasteiger partial charge in [0.25, 0.3) is 0 Å². The number of aliphatic hydroxyl groups excluding tert-OH is 1. The highest BCUT2D eigenvalue weighted by atomic mass is 19.2. The predicted octanol–water partition coefficient (Wildman–Crippen LogP) is 2.18. The number of ether oxygens (including phenoxy) is 1. The largest absolute Gasteiger partial charge is 0.497 e. The van der Waals surface area contributed by atoms with Crippen molar-refractivity contribution in [3.05, 3.63) is 23.8 Å². The highest BCUT2D eigenvalue weighted by Crippen LogP contribution is 2.30. The third-order valence-electron chi connectivity index (χ3n) is 3.42. The van der Waals surface area contributed by atoms with E-state index >= 15 is 0 Å². The summed E-state index contributed by atoms with van der Waals surface area (Å²) in [5.74, 6) is -1.45. The van der Waals surface area contributed by atoms with Crippen molar-refractivity contribution in [3.8, 4) is 5.75 Å². The van der Waals surface area contributed by atoms with Crippen molar-refractivity contribution in [3.63, 3.8) is 0 Å². The molecule has 1 fully saturated rings. The lowest BCUT2D eigenvalue weighted by molar-refractivity contribution is 0.0968. The summed E-state index contributed by atoms with van der Waals surface area (Å²) < 4.78 is 32.2. The zero-order valence-corrected chi connectivity index (χ0v) is 10.5. The minimum atomic E-state index is -0.914. The van der Waals surface area contributed by atoms with E-state index in [1.165, 1.54) is 13.2 Å². The lowest BCUT2D eigenvalue weighted by Gasteiger charge is -2.36. The van der Waals surface area contributed by atoms with Gasteiger partial charge in [-0.15, -0.1) is 0 Å². The smallest absolute Gasteiger partial charge is 0.182 e. The Bertz CT molecular complexity index is 439. The molecule has 1 saturated heterocycles. The van der Waals surface area contributed by atoms with Crippen molar-refractivity contribution < 1.29 is 18.6 Å². The van der Waals surface area contributed by atoms with Crippen LogP contribution in [0.1, 0.15) is 13.3 Å². The first-order valence-corrected chi connectivity index (χ1v) is 5.99. The van der Waals surface area contributed by atoms with E-state index in [4.69, 9.17) is 4.74 Å². The average Bonchev–Trinajstić information content (AvgIpc) is 2.36. The van der Waals surface area contributed by atoms with Crippen molar-refractivity contribution in [1.29, 1.82) is 0 Å². The standard InChI is InChI=1S/C13H17F2NO2/c1-8-7-16(4-3-12(8)17)11-6-9(18-2)5-10(14)13(11)15/h5-6,8,12,17H,3-4,7H2,1-2H3. The summed E-state index contributed by atoms with van der Waals surface area (Å²) >= 11 is 0. The number of hydrogen-bond donors (Lipinski definition) is 1. The molecule has 0 bridgehead atoms. The fourth-order valence-electron chi connectivity index (χ4n) is 2.25. The molecular weight excluding hydrogens is 240 g/mol. The van der Waals surface area contributed by atoms with Gasteiger partial charge in [0, 0.05) is 25.2 Å². The highest BCUT2D eigenvalue weighted by molar-refractivity contribution is 5.53. The van der Waals surface area contributed by atoms with Crippen LogP contribution in [0.4, 0.5) is 14.5 Å². The summed E-state index contributed by atoms with van der Waals surface area (Å²) in [6.07, 6.45) is 0.180. The molecule has 0 saturated carbocycles. The van der Waals surface area contributed by atoms with E-state index in [2.05, 4.69) is 0 Å². The van der Waals surface area contributed by atoms with Crippen LogP contribution < -0.4 is 9.64 Å². The molecule has 100 valence electrons. The summed E-state index contributed by atoms with van der Waals surface area (Å²) in [4.78, 5) is 1.75. The molecular formula is C13H17F2NO2. The number of aliphatic hydroxyl groups is 1. The Kier molecular flexibility index (Phi) is 3.71. The fourth-order valence-corrected chi connectivity index (χ4v) is 2.25. The van der Waals surface area contributed by atoms with Crippen LogP contribution in [0.2, 0.25) is 0 Å². The van der Waals surface area contributed by atoms with Gasteiger partial charge in [0.2, 0.25) is 0 Å². The summed E-state index contributed by atoms with van der Waals surface area (Å²) in [6.45, 7) is 2.91. The van der Waals surface area contributed by atoms with E-state index in [1.54, 1.807) is 4.90 Å². The van der Waals surface area contributed by atoms with Crippen LogP contribution >= 0.6 is 0 Å². The van der Waals surface area contributed by atoms with Crippen LogP contribution in [-0.2, 0) is 0 Å². The molecule has 2 atom stereocenters. The van der Waals surface area contributed by atoms with Crippen LogP contribution in [0.3, 0.4) is 0 Å². The fraction of sp³-hybridized carbons (Fsp3) is 0.538. The topological polar surface area (TPSA) is 32.7 Å². The second kappa shape index (κ2) is 5.10.